The summed E-state index contributed by atoms with van der Waals surface area (Å²) in [5.41, 5.74) is 0. The SMILES string of the molecule is Cn1cnc(C(=O)N2CCN3CCn4c(C(=O)NC5CCCC5)nnc4[C@H]3C2)n1. The molecule has 0 aromatic carbocycles. The Morgan fingerprint density at radius 2 is 1.90 bits per heavy atom. The van der Waals surface area contributed by atoms with Crippen molar-refractivity contribution >= 4 is 11.8 Å². The predicted octanol–water partition coefficient (Wildman–Crippen LogP) is -0.408. The highest BCUT2D eigenvalue weighted by Gasteiger charge is 2.39. The molecule has 154 valence electrons. The Labute approximate surface area is 168 Å². The smallest absolute Gasteiger partial charge is 0.293 e. The van der Waals surface area contributed by atoms with Crippen LogP contribution in [0, 0.1) is 0 Å². The molecular formula is C18H25N9O2. The third-order valence-electron chi connectivity index (χ3n) is 6.15. The molecule has 1 aliphatic carbocycles. The zero-order chi connectivity index (χ0) is 20.0. The van der Waals surface area contributed by atoms with E-state index < -0.39 is 0 Å². The molecule has 1 atom stereocenters. The van der Waals surface area contributed by atoms with E-state index in [1.165, 1.54) is 11.0 Å². The summed E-state index contributed by atoms with van der Waals surface area (Å²) in [7, 11) is 1.74. The molecule has 0 unspecified atom stereocenters. The van der Waals surface area contributed by atoms with Crippen molar-refractivity contribution in [3.05, 3.63) is 23.8 Å². The molecule has 2 aromatic rings. The van der Waals surface area contributed by atoms with Gasteiger partial charge in [-0.2, -0.15) is 0 Å². The summed E-state index contributed by atoms with van der Waals surface area (Å²) in [4.78, 5) is 33.6. The molecule has 2 aromatic heterocycles. The molecule has 1 N–H and O–H groups in total. The Bertz CT molecular complexity index is 930. The van der Waals surface area contributed by atoms with Gasteiger partial charge in [-0.3, -0.25) is 19.2 Å². The van der Waals surface area contributed by atoms with Gasteiger partial charge in [-0.15, -0.1) is 15.3 Å². The Morgan fingerprint density at radius 3 is 2.66 bits per heavy atom. The van der Waals surface area contributed by atoms with E-state index in [4.69, 9.17) is 0 Å². The van der Waals surface area contributed by atoms with Gasteiger partial charge in [0.1, 0.15) is 6.33 Å². The van der Waals surface area contributed by atoms with Gasteiger partial charge in [-0.1, -0.05) is 12.8 Å². The van der Waals surface area contributed by atoms with Crippen LogP contribution in [0.15, 0.2) is 6.33 Å². The van der Waals surface area contributed by atoms with Gasteiger partial charge in [0, 0.05) is 45.8 Å². The number of carbonyl (C=O) groups excluding carboxylic acids is 2. The monoisotopic (exact) mass is 399 g/mol. The van der Waals surface area contributed by atoms with E-state index in [-0.39, 0.29) is 29.7 Å². The zero-order valence-electron chi connectivity index (χ0n) is 16.5. The van der Waals surface area contributed by atoms with Gasteiger partial charge < -0.3 is 14.8 Å². The van der Waals surface area contributed by atoms with Crippen molar-refractivity contribution in [3.8, 4) is 0 Å². The molecule has 1 saturated heterocycles. The van der Waals surface area contributed by atoms with Crippen LogP contribution in [-0.4, -0.2) is 83.4 Å². The standard InChI is InChI=1S/C18H25N9O2/c1-24-11-19-14(23-24)18(29)26-7-6-25-8-9-27-15(13(25)10-26)21-22-16(27)17(28)20-12-4-2-3-5-12/h11-13H,2-10H2,1H3,(H,20,28)/t13-/m1/s1. The van der Waals surface area contributed by atoms with Crippen LogP contribution in [0.4, 0.5) is 0 Å². The minimum Gasteiger partial charge on any atom is -0.347 e. The number of fused-ring (bicyclic) bond motifs is 3. The summed E-state index contributed by atoms with van der Waals surface area (Å²) in [6.45, 7) is 3.35. The molecule has 3 aliphatic rings. The first-order valence-electron chi connectivity index (χ1n) is 10.2. The van der Waals surface area contributed by atoms with E-state index >= 15 is 0 Å². The molecule has 11 heteroatoms. The van der Waals surface area contributed by atoms with Gasteiger partial charge in [-0.05, 0) is 12.8 Å². The summed E-state index contributed by atoms with van der Waals surface area (Å²) in [6, 6.07) is 0.162. The largest absolute Gasteiger partial charge is 0.347 e. The van der Waals surface area contributed by atoms with Gasteiger partial charge in [0.2, 0.25) is 11.6 Å². The summed E-state index contributed by atoms with van der Waals surface area (Å²) in [5, 5.41) is 15.8. The minimum absolute atomic E-state index is 0.0781. The highest BCUT2D eigenvalue weighted by atomic mass is 16.2. The second kappa shape index (κ2) is 7.21. The molecule has 11 nitrogen and oxygen atoms in total. The molecule has 5 rings (SSSR count). The van der Waals surface area contributed by atoms with Crippen LogP contribution in [0.5, 0.6) is 0 Å². The lowest BCUT2D eigenvalue weighted by molar-refractivity contribution is 0.0364. The maximum atomic E-state index is 12.8. The Hall–Kier alpha value is -2.82. The average Bonchev–Trinajstić information content (AvgIpc) is 3.47. The molecule has 29 heavy (non-hydrogen) atoms. The van der Waals surface area contributed by atoms with E-state index in [1.54, 1.807) is 11.9 Å². The number of carbonyl (C=O) groups is 2. The molecule has 4 heterocycles. The number of amides is 2. The number of aromatic nitrogens is 6. The third kappa shape index (κ3) is 3.28. The fraction of sp³-hybridized carbons (Fsp3) is 0.667. The first-order chi connectivity index (χ1) is 14.1. The van der Waals surface area contributed by atoms with Crippen molar-refractivity contribution < 1.29 is 9.59 Å². The second-order valence-corrected chi connectivity index (χ2v) is 8.03. The number of piperazine rings is 1. The molecule has 2 aliphatic heterocycles. The van der Waals surface area contributed by atoms with Crippen molar-refractivity contribution in [1.82, 2.24) is 44.6 Å². The van der Waals surface area contributed by atoms with Crippen LogP contribution in [0.2, 0.25) is 0 Å². The summed E-state index contributed by atoms with van der Waals surface area (Å²) in [6.07, 6.45) is 5.91. The number of hydrogen-bond acceptors (Lipinski definition) is 7. The van der Waals surface area contributed by atoms with Gasteiger partial charge in [0.15, 0.2) is 5.82 Å². The number of nitrogens with zero attached hydrogens (tertiary/aromatic N) is 8. The normalized spacial score (nSPS) is 22.4. The highest BCUT2D eigenvalue weighted by Crippen LogP contribution is 2.29. The van der Waals surface area contributed by atoms with Gasteiger partial charge >= 0.3 is 0 Å². The fourth-order valence-electron chi connectivity index (χ4n) is 4.59. The Morgan fingerprint density at radius 1 is 1.10 bits per heavy atom. The molecule has 1 saturated carbocycles. The van der Waals surface area contributed by atoms with Gasteiger partial charge in [0.05, 0.1) is 6.04 Å². The summed E-state index contributed by atoms with van der Waals surface area (Å²) >= 11 is 0. The van der Waals surface area contributed by atoms with Crippen molar-refractivity contribution in [1.29, 1.82) is 0 Å². The fourth-order valence-corrected chi connectivity index (χ4v) is 4.59. The number of aryl methyl sites for hydroxylation is 1. The lowest BCUT2D eigenvalue weighted by Crippen LogP contribution is -2.54. The molecule has 0 spiro atoms. The molecular weight excluding hydrogens is 374 g/mol. The molecule has 2 fully saturated rings. The van der Waals surface area contributed by atoms with E-state index in [0.717, 1.165) is 44.6 Å². The summed E-state index contributed by atoms with van der Waals surface area (Å²) in [5.74, 6) is 1.00. The van der Waals surface area contributed by atoms with Crippen molar-refractivity contribution in [2.24, 2.45) is 7.05 Å². The number of hydrogen-bond donors (Lipinski definition) is 1. The Balaban J connectivity index is 1.34. The average molecular weight is 399 g/mol. The van der Waals surface area contributed by atoms with Crippen LogP contribution in [0.25, 0.3) is 0 Å². The van der Waals surface area contributed by atoms with Crippen LogP contribution in [0.3, 0.4) is 0 Å². The predicted molar refractivity (Wildman–Crippen MR) is 101 cm³/mol. The molecule has 0 bridgehead atoms. The van der Waals surface area contributed by atoms with Crippen LogP contribution in [0.1, 0.15) is 58.8 Å². The maximum Gasteiger partial charge on any atom is 0.293 e. The minimum atomic E-state index is -0.180. The number of rotatable bonds is 3. The first kappa shape index (κ1) is 18.2. The van der Waals surface area contributed by atoms with Crippen LogP contribution < -0.4 is 5.32 Å². The van der Waals surface area contributed by atoms with E-state index in [0.29, 0.717) is 25.5 Å². The number of nitrogens with one attached hydrogen (secondary N) is 1. The highest BCUT2D eigenvalue weighted by molar-refractivity contribution is 5.91. The molecule has 0 radical (unpaired) electrons. The first-order valence-corrected chi connectivity index (χ1v) is 10.2. The second-order valence-electron chi connectivity index (χ2n) is 8.03. The van der Waals surface area contributed by atoms with Crippen LogP contribution >= 0.6 is 0 Å². The van der Waals surface area contributed by atoms with E-state index in [1.807, 2.05) is 4.57 Å². The Kier molecular flexibility index (Phi) is 4.53. The van der Waals surface area contributed by atoms with Crippen molar-refractivity contribution in [3.63, 3.8) is 0 Å². The summed E-state index contributed by atoms with van der Waals surface area (Å²) < 4.78 is 3.44. The quantitative estimate of drug-likeness (QED) is 0.746. The van der Waals surface area contributed by atoms with Crippen molar-refractivity contribution in [2.75, 3.05) is 26.2 Å². The third-order valence-corrected chi connectivity index (χ3v) is 6.15. The topological polar surface area (TPSA) is 114 Å². The van der Waals surface area contributed by atoms with Gasteiger partial charge in [0.25, 0.3) is 11.8 Å². The lowest BCUT2D eigenvalue weighted by atomic mass is 10.1. The molecule has 2 amide bonds. The maximum absolute atomic E-state index is 12.8. The van der Waals surface area contributed by atoms with Crippen LogP contribution in [-0.2, 0) is 13.6 Å². The van der Waals surface area contributed by atoms with Gasteiger partial charge in [-0.25, -0.2) is 4.98 Å². The van der Waals surface area contributed by atoms with E-state index in [2.05, 4.69) is 30.5 Å². The zero-order valence-corrected chi connectivity index (χ0v) is 16.5. The van der Waals surface area contributed by atoms with E-state index in [9.17, 15) is 9.59 Å². The lowest BCUT2D eigenvalue weighted by Gasteiger charge is -2.43. The van der Waals surface area contributed by atoms with Crippen molar-refractivity contribution in [2.45, 2.75) is 44.3 Å².